The number of thioether (sulfide) groups is 1. The molecule has 0 N–H and O–H groups in total. The Morgan fingerprint density at radius 3 is 2.32 bits per heavy atom. The molecular weight excluding hydrogens is 277 g/mol. The summed E-state index contributed by atoms with van der Waals surface area (Å²) in [5.74, 6) is -0.238. The molecule has 0 aliphatic heterocycles. The summed E-state index contributed by atoms with van der Waals surface area (Å²) in [4.78, 5) is 2.01. The lowest BCUT2D eigenvalue weighted by Gasteiger charge is -2.24. The van der Waals surface area contributed by atoms with E-state index in [9.17, 15) is 4.39 Å². The summed E-state index contributed by atoms with van der Waals surface area (Å²) in [6.07, 6.45) is 1.95. The molecule has 0 aliphatic carbocycles. The second-order valence-electron chi connectivity index (χ2n) is 4.02. The summed E-state index contributed by atoms with van der Waals surface area (Å²) in [6.45, 7) is 0.687. The fraction of sp³-hybridized carbons (Fsp3) is 0.133. The largest absolute Gasteiger partial charge is 0.323 e. The Bertz CT molecular complexity index is 540. The van der Waals surface area contributed by atoms with Gasteiger partial charge < -0.3 is 4.90 Å². The van der Waals surface area contributed by atoms with Crippen LogP contribution in [0.4, 0.5) is 10.1 Å². The van der Waals surface area contributed by atoms with Crippen LogP contribution in [0.1, 0.15) is 5.56 Å². The third-order valence-corrected chi connectivity index (χ3v) is 4.01. The van der Waals surface area contributed by atoms with Gasteiger partial charge in [-0.1, -0.05) is 42.5 Å². The van der Waals surface area contributed by atoms with Crippen LogP contribution in [0.3, 0.4) is 0 Å². The van der Waals surface area contributed by atoms with Crippen LogP contribution < -0.4 is 4.90 Å². The summed E-state index contributed by atoms with van der Waals surface area (Å²) in [6, 6.07) is 16.5. The standard InChI is InChI=1S/C15H14FNS2/c1-19-15(18)17(11-12-5-3-2-4-6-12)14-9-7-13(16)8-10-14/h2-10H,11H2,1H3. The van der Waals surface area contributed by atoms with E-state index >= 15 is 0 Å². The van der Waals surface area contributed by atoms with E-state index in [0.29, 0.717) is 6.54 Å². The zero-order chi connectivity index (χ0) is 13.7. The van der Waals surface area contributed by atoms with Crippen molar-refractivity contribution in [3.8, 4) is 0 Å². The summed E-state index contributed by atoms with van der Waals surface area (Å²) in [5.41, 5.74) is 2.08. The molecule has 0 unspecified atom stereocenters. The molecule has 0 amide bonds. The highest BCUT2D eigenvalue weighted by molar-refractivity contribution is 8.22. The molecule has 0 atom stereocenters. The van der Waals surface area contributed by atoms with Gasteiger partial charge in [0.15, 0.2) is 0 Å². The fourth-order valence-electron chi connectivity index (χ4n) is 1.76. The molecular formula is C15H14FNS2. The van der Waals surface area contributed by atoms with Gasteiger partial charge in [-0.15, -0.1) is 11.8 Å². The molecule has 0 spiro atoms. The van der Waals surface area contributed by atoms with Crippen molar-refractivity contribution in [2.24, 2.45) is 0 Å². The number of anilines is 1. The van der Waals surface area contributed by atoms with Crippen molar-refractivity contribution in [1.82, 2.24) is 0 Å². The number of benzene rings is 2. The topological polar surface area (TPSA) is 3.24 Å². The summed E-state index contributed by atoms with van der Waals surface area (Å²) < 4.78 is 13.8. The van der Waals surface area contributed by atoms with Crippen LogP contribution >= 0.6 is 24.0 Å². The van der Waals surface area contributed by atoms with E-state index in [1.807, 2.05) is 29.4 Å². The van der Waals surface area contributed by atoms with Crippen molar-refractivity contribution >= 4 is 34.0 Å². The molecule has 4 heteroatoms. The first kappa shape index (κ1) is 14.0. The first-order chi connectivity index (χ1) is 9.20. The van der Waals surface area contributed by atoms with Crippen LogP contribution in [0.25, 0.3) is 0 Å². The van der Waals surface area contributed by atoms with Crippen LogP contribution in [-0.2, 0) is 6.54 Å². The van der Waals surface area contributed by atoms with Gasteiger partial charge in [0.25, 0.3) is 0 Å². The molecule has 0 radical (unpaired) electrons. The number of thiocarbonyl (C=S) groups is 1. The highest BCUT2D eigenvalue weighted by Gasteiger charge is 2.12. The fourth-order valence-corrected chi connectivity index (χ4v) is 2.32. The third kappa shape index (κ3) is 3.78. The maximum Gasteiger partial charge on any atom is 0.140 e. The van der Waals surface area contributed by atoms with E-state index in [1.54, 1.807) is 12.1 Å². The monoisotopic (exact) mass is 291 g/mol. The Labute approximate surface area is 122 Å². The van der Waals surface area contributed by atoms with Crippen molar-refractivity contribution < 1.29 is 4.39 Å². The molecule has 1 nitrogen and oxygen atoms in total. The summed E-state index contributed by atoms with van der Waals surface area (Å²) in [5, 5.41) is 0. The van der Waals surface area contributed by atoms with Crippen molar-refractivity contribution in [2.45, 2.75) is 6.54 Å². The van der Waals surface area contributed by atoms with Gasteiger partial charge in [-0.3, -0.25) is 0 Å². The quantitative estimate of drug-likeness (QED) is 0.768. The summed E-state index contributed by atoms with van der Waals surface area (Å²) in [7, 11) is 0. The van der Waals surface area contributed by atoms with Crippen LogP contribution in [0, 0.1) is 5.82 Å². The van der Waals surface area contributed by atoms with Crippen LogP contribution in [0.2, 0.25) is 0 Å². The van der Waals surface area contributed by atoms with Gasteiger partial charge in [-0.25, -0.2) is 4.39 Å². The Hall–Kier alpha value is -1.39. The molecule has 2 aromatic carbocycles. The molecule has 0 saturated carbocycles. The Kier molecular flexibility index (Phi) is 4.93. The van der Waals surface area contributed by atoms with Crippen molar-refractivity contribution in [3.63, 3.8) is 0 Å². The third-order valence-electron chi connectivity index (χ3n) is 2.72. The Balaban J connectivity index is 2.26. The highest BCUT2D eigenvalue weighted by Crippen LogP contribution is 2.21. The van der Waals surface area contributed by atoms with Gasteiger partial charge in [0.1, 0.15) is 10.1 Å². The van der Waals surface area contributed by atoms with Gasteiger partial charge in [0.05, 0.1) is 0 Å². The van der Waals surface area contributed by atoms with Gasteiger partial charge in [0, 0.05) is 12.2 Å². The summed E-state index contributed by atoms with van der Waals surface area (Å²) >= 11 is 6.90. The van der Waals surface area contributed by atoms with E-state index in [-0.39, 0.29) is 5.82 Å². The van der Waals surface area contributed by atoms with Crippen molar-refractivity contribution in [2.75, 3.05) is 11.2 Å². The minimum absolute atomic E-state index is 0.238. The van der Waals surface area contributed by atoms with Crippen LogP contribution in [-0.4, -0.2) is 10.6 Å². The molecule has 2 rings (SSSR count). The number of hydrogen-bond acceptors (Lipinski definition) is 2. The lowest BCUT2D eigenvalue weighted by atomic mass is 10.2. The van der Waals surface area contributed by atoms with Crippen molar-refractivity contribution in [3.05, 3.63) is 66.0 Å². The molecule has 19 heavy (non-hydrogen) atoms. The average molecular weight is 291 g/mol. The van der Waals surface area contributed by atoms with Gasteiger partial charge in [-0.2, -0.15) is 0 Å². The normalized spacial score (nSPS) is 10.2. The van der Waals surface area contributed by atoms with E-state index in [0.717, 1.165) is 10.0 Å². The predicted molar refractivity (Wildman–Crippen MR) is 85.1 cm³/mol. The second-order valence-corrected chi connectivity index (χ2v) is 5.46. The first-order valence-electron chi connectivity index (χ1n) is 5.85. The van der Waals surface area contributed by atoms with Gasteiger partial charge >= 0.3 is 0 Å². The predicted octanol–water partition coefficient (Wildman–Crippen LogP) is 4.48. The smallest absolute Gasteiger partial charge is 0.140 e. The molecule has 2 aromatic rings. The lowest BCUT2D eigenvalue weighted by Crippen LogP contribution is -2.26. The highest BCUT2D eigenvalue weighted by atomic mass is 32.2. The number of halogens is 1. The Morgan fingerprint density at radius 2 is 1.74 bits per heavy atom. The maximum atomic E-state index is 13.0. The first-order valence-corrected chi connectivity index (χ1v) is 7.49. The second kappa shape index (κ2) is 6.68. The number of nitrogens with zero attached hydrogens (tertiary/aromatic N) is 1. The average Bonchev–Trinajstić information content (AvgIpc) is 2.46. The van der Waals surface area contributed by atoms with Crippen LogP contribution in [0.5, 0.6) is 0 Å². The molecule has 0 heterocycles. The van der Waals surface area contributed by atoms with E-state index in [4.69, 9.17) is 12.2 Å². The number of rotatable bonds is 3. The zero-order valence-electron chi connectivity index (χ0n) is 10.5. The minimum atomic E-state index is -0.238. The SMILES string of the molecule is CSC(=S)N(Cc1ccccc1)c1ccc(F)cc1. The Morgan fingerprint density at radius 1 is 1.11 bits per heavy atom. The molecule has 0 saturated heterocycles. The maximum absolute atomic E-state index is 13.0. The minimum Gasteiger partial charge on any atom is -0.323 e. The molecule has 0 aromatic heterocycles. The number of hydrogen-bond donors (Lipinski definition) is 0. The zero-order valence-corrected chi connectivity index (χ0v) is 12.2. The van der Waals surface area contributed by atoms with Crippen LogP contribution in [0.15, 0.2) is 54.6 Å². The lowest BCUT2D eigenvalue weighted by molar-refractivity contribution is 0.628. The van der Waals surface area contributed by atoms with Crippen molar-refractivity contribution in [1.29, 1.82) is 0 Å². The van der Waals surface area contributed by atoms with Gasteiger partial charge in [-0.05, 0) is 36.1 Å². The van der Waals surface area contributed by atoms with Gasteiger partial charge in [0.2, 0.25) is 0 Å². The molecule has 0 fully saturated rings. The molecule has 0 aliphatic rings. The molecule has 0 bridgehead atoms. The van der Waals surface area contributed by atoms with E-state index < -0.39 is 0 Å². The van der Waals surface area contributed by atoms with E-state index in [2.05, 4.69) is 12.1 Å². The van der Waals surface area contributed by atoms with E-state index in [1.165, 1.54) is 29.5 Å². The molecule has 98 valence electrons.